The Hall–Kier alpha value is -1.32. The molecule has 1 saturated carbocycles. The molecule has 2 aromatic rings. The van der Waals surface area contributed by atoms with E-state index in [-0.39, 0.29) is 0 Å². The Balaban J connectivity index is 1.83. The highest BCUT2D eigenvalue weighted by Crippen LogP contribution is 2.37. The molecule has 100 valence electrons. The summed E-state index contributed by atoms with van der Waals surface area (Å²) in [6.07, 6.45) is 2.64. The molecule has 1 aromatic carbocycles. The van der Waals surface area contributed by atoms with Crippen molar-refractivity contribution in [2.75, 3.05) is 19.0 Å². The first-order chi connectivity index (χ1) is 9.38. The summed E-state index contributed by atoms with van der Waals surface area (Å²) in [4.78, 5) is 1.31. The van der Waals surface area contributed by atoms with Crippen LogP contribution in [0.2, 0.25) is 0 Å². The van der Waals surface area contributed by atoms with Crippen molar-refractivity contribution in [2.45, 2.75) is 18.9 Å². The zero-order chi connectivity index (χ0) is 13.1. The smallest absolute Gasteiger partial charge is 0.0666 e. The molecule has 3 heteroatoms. The molecule has 0 radical (unpaired) electrons. The second-order valence-electron chi connectivity index (χ2n) is 5.07. The van der Waals surface area contributed by atoms with Gasteiger partial charge >= 0.3 is 0 Å². The summed E-state index contributed by atoms with van der Waals surface area (Å²) >= 11 is 1.78. The summed E-state index contributed by atoms with van der Waals surface area (Å²) < 4.78 is 5.35. The Bertz CT molecular complexity index is 519. The van der Waals surface area contributed by atoms with Crippen LogP contribution in [0.15, 0.2) is 41.8 Å². The molecule has 19 heavy (non-hydrogen) atoms. The summed E-state index contributed by atoms with van der Waals surface area (Å²) in [5, 5.41) is 5.81. The van der Waals surface area contributed by atoms with Gasteiger partial charge in [0.15, 0.2) is 0 Å². The van der Waals surface area contributed by atoms with Gasteiger partial charge < -0.3 is 10.1 Å². The largest absolute Gasteiger partial charge is 0.383 e. The number of anilines is 1. The maximum absolute atomic E-state index is 5.35. The minimum Gasteiger partial charge on any atom is -0.383 e. The normalized spacial score (nSPS) is 16.3. The summed E-state index contributed by atoms with van der Waals surface area (Å²) in [5.41, 5.74) is 2.51. The molecule has 3 rings (SSSR count). The van der Waals surface area contributed by atoms with E-state index in [1.807, 2.05) is 0 Å². The van der Waals surface area contributed by atoms with Gasteiger partial charge in [0.05, 0.1) is 12.6 Å². The summed E-state index contributed by atoms with van der Waals surface area (Å²) in [5.74, 6) is 0.774. The Morgan fingerprint density at radius 3 is 2.79 bits per heavy atom. The highest BCUT2D eigenvalue weighted by atomic mass is 32.1. The maximum atomic E-state index is 5.35. The molecular formula is C16H19NOS. The molecule has 1 heterocycles. The van der Waals surface area contributed by atoms with Crippen LogP contribution in [0.5, 0.6) is 0 Å². The van der Waals surface area contributed by atoms with Gasteiger partial charge in [0.2, 0.25) is 0 Å². The lowest BCUT2D eigenvalue weighted by Gasteiger charge is -2.20. The predicted molar refractivity (Wildman–Crippen MR) is 81.8 cm³/mol. The number of benzene rings is 1. The molecule has 0 bridgehead atoms. The number of thiophene rings is 1. The summed E-state index contributed by atoms with van der Waals surface area (Å²) in [6, 6.07) is 13.3. The summed E-state index contributed by atoms with van der Waals surface area (Å²) in [7, 11) is 1.78. The molecule has 0 aliphatic heterocycles. The average molecular weight is 273 g/mol. The SMILES string of the molecule is COCC(Nc1ccccc1-c1cccs1)C1CC1. The molecule has 0 saturated heterocycles. The van der Waals surface area contributed by atoms with E-state index < -0.39 is 0 Å². The lowest BCUT2D eigenvalue weighted by atomic mass is 10.1. The Morgan fingerprint density at radius 2 is 2.11 bits per heavy atom. The van der Waals surface area contributed by atoms with Crippen molar-refractivity contribution in [3.8, 4) is 10.4 Å². The van der Waals surface area contributed by atoms with E-state index in [9.17, 15) is 0 Å². The lowest BCUT2D eigenvalue weighted by Crippen LogP contribution is -2.27. The number of methoxy groups -OCH3 is 1. The number of rotatable bonds is 6. The molecule has 2 nitrogen and oxygen atoms in total. The fourth-order valence-electron chi connectivity index (χ4n) is 2.43. The molecule has 1 fully saturated rings. The number of para-hydroxylation sites is 1. The lowest BCUT2D eigenvalue weighted by molar-refractivity contribution is 0.179. The van der Waals surface area contributed by atoms with E-state index in [1.54, 1.807) is 18.4 Å². The van der Waals surface area contributed by atoms with Crippen molar-refractivity contribution in [2.24, 2.45) is 5.92 Å². The van der Waals surface area contributed by atoms with Crippen molar-refractivity contribution in [1.29, 1.82) is 0 Å². The highest BCUT2D eigenvalue weighted by molar-refractivity contribution is 7.13. The topological polar surface area (TPSA) is 21.3 Å². The van der Waals surface area contributed by atoms with Crippen LogP contribution < -0.4 is 5.32 Å². The molecule has 0 spiro atoms. The molecule has 1 aromatic heterocycles. The molecule has 1 unspecified atom stereocenters. The number of hydrogen-bond donors (Lipinski definition) is 1. The van der Waals surface area contributed by atoms with Crippen LogP contribution in [-0.2, 0) is 4.74 Å². The molecular weight excluding hydrogens is 254 g/mol. The minimum absolute atomic E-state index is 0.436. The van der Waals surface area contributed by atoms with Gasteiger partial charge in [-0.2, -0.15) is 0 Å². The molecule has 1 N–H and O–H groups in total. The van der Waals surface area contributed by atoms with Crippen LogP contribution in [0, 0.1) is 5.92 Å². The van der Waals surface area contributed by atoms with E-state index in [0.29, 0.717) is 6.04 Å². The van der Waals surface area contributed by atoms with Gasteiger partial charge in [-0.1, -0.05) is 24.3 Å². The van der Waals surface area contributed by atoms with Gasteiger partial charge in [-0.3, -0.25) is 0 Å². The quantitative estimate of drug-likeness (QED) is 0.849. The van der Waals surface area contributed by atoms with Gasteiger partial charge in [0.1, 0.15) is 0 Å². The monoisotopic (exact) mass is 273 g/mol. The second kappa shape index (κ2) is 5.76. The first kappa shape index (κ1) is 12.7. The fourth-order valence-corrected chi connectivity index (χ4v) is 3.19. The van der Waals surface area contributed by atoms with Gasteiger partial charge in [-0.05, 0) is 36.3 Å². The van der Waals surface area contributed by atoms with Crippen molar-refractivity contribution >= 4 is 17.0 Å². The third kappa shape index (κ3) is 2.99. The van der Waals surface area contributed by atoms with E-state index in [1.165, 1.54) is 29.0 Å². The molecule has 1 aliphatic rings. The van der Waals surface area contributed by atoms with Gasteiger partial charge in [-0.25, -0.2) is 0 Å². The third-order valence-electron chi connectivity index (χ3n) is 3.59. The van der Waals surface area contributed by atoms with Crippen LogP contribution in [0.1, 0.15) is 12.8 Å². The third-order valence-corrected chi connectivity index (χ3v) is 4.50. The first-order valence-corrected chi connectivity index (χ1v) is 7.65. The number of ether oxygens (including phenoxy) is 1. The standard InChI is InChI=1S/C16H19NOS/c1-18-11-15(12-8-9-12)17-14-6-3-2-5-13(14)16-7-4-10-19-16/h2-7,10,12,15,17H,8-9,11H2,1H3. The van der Waals surface area contributed by atoms with E-state index >= 15 is 0 Å². The summed E-state index contributed by atoms with van der Waals surface area (Å²) in [6.45, 7) is 0.781. The zero-order valence-electron chi connectivity index (χ0n) is 11.1. The van der Waals surface area contributed by atoms with E-state index in [4.69, 9.17) is 4.74 Å². The van der Waals surface area contributed by atoms with Crippen LogP contribution in [0.25, 0.3) is 10.4 Å². The van der Waals surface area contributed by atoms with Crippen LogP contribution >= 0.6 is 11.3 Å². The van der Waals surface area contributed by atoms with Crippen molar-refractivity contribution in [1.82, 2.24) is 0 Å². The Labute approximate surface area is 118 Å². The Kier molecular flexibility index (Phi) is 3.85. The van der Waals surface area contributed by atoms with Gasteiger partial charge in [0.25, 0.3) is 0 Å². The van der Waals surface area contributed by atoms with Crippen molar-refractivity contribution < 1.29 is 4.74 Å². The predicted octanol–water partition coefficient (Wildman–Crippen LogP) is 4.25. The second-order valence-corrected chi connectivity index (χ2v) is 6.01. The van der Waals surface area contributed by atoms with Crippen LogP contribution in [0.4, 0.5) is 5.69 Å². The van der Waals surface area contributed by atoms with Crippen LogP contribution in [-0.4, -0.2) is 19.8 Å². The number of hydrogen-bond acceptors (Lipinski definition) is 3. The van der Waals surface area contributed by atoms with E-state index in [2.05, 4.69) is 47.1 Å². The van der Waals surface area contributed by atoms with Crippen molar-refractivity contribution in [3.05, 3.63) is 41.8 Å². The van der Waals surface area contributed by atoms with Gasteiger partial charge in [-0.15, -0.1) is 11.3 Å². The van der Waals surface area contributed by atoms with Crippen molar-refractivity contribution in [3.63, 3.8) is 0 Å². The molecule has 1 aliphatic carbocycles. The first-order valence-electron chi connectivity index (χ1n) is 6.77. The molecule has 0 amide bonds. The van der Waals surface area contributed by atoms with E-state index in [0.717, 1.165) is 12.5 Å². The average Bonchev–Trinajstić information content (AvgIpc) is 3.14. The van der Waals surface area contributed by atoms with Crippen LogP contribution in [0.3, 0.4) is 0 Å². The highest BCUT2D eigenvalue weighted by Gasteiger charge is 2.31. The van der Waals surface area contributed by atoms with Gasteiger partial charge in [0, 0.05) is 23.2 Å². The maximum Gasteiger partial charge on any atom is 0.0666 e. The molecule has 1 atom stereocenters. The fraction of sp³-hybridized carbons (Fsp3) is 0.375. The number of nitrogens with one attached hydrogen (secondary N) is 1. The minimum atomic E-state index is 0.436. The zero-order valence-corrected chi connectivity index (χ0v) is 12.0. The Morgan fingerprint density at radius 1 is 1.26 bits per heavy atom.